The molecule has 9 heteroatoms. The SMILES string of the molecule is Cl.Cl.O=C(CC1CCCN(c2nc3ccc(Cl)cc3o2)C1)N1CCCNCC1. The van der Waals surface area contributed by atoms with Crippen LogP contribution in [0.5, 0.6) is 0 Å². The molecule has 28 heavy (non-hydrogen) atoms. The van der Waals surface area contributed by atoms with Crippen LogP contribution in [0.1, 0.15) is 25.7 Å². The van der Waals surface area contributed by atoms with Crippen molar-refractivity contribution < 1.29 is 9.21 Å². The molecule has 0 aliphatic carbocycles. The molecule has 2 fully saturated rings. The number of rotatable bonds is 3. The number of aromatic nitrogens is 1. The van der Waals surface area contributed by atoms with E-state index in [1.807, 2.05) is 17.0 Å². The number of halogens is 3. The average molecular weight is 450 g/mol. The van der Waals surface area contributed by atoms with E-state index >= 15 is 0 Å². The molecule has 2 aromatic rings. The van der Waals surface area contributed by atoms with Gasteiger partial charge in [-0.3, -0.25) is 4.79 Å². The van der Waals surface area contributed by atoms with E-state index in [0.29, 0.717) is 29.0 Å². The molecule has 0 radical (unpaired) electrons. The van der Waals surface area contributed by atoms with Gasteiger partial charge in [0.2, 0.25) is 5.91 Å². The molecule has 3 heterocycles. The third-order valence-electron chi connectivity index (χ3n) is 5.28. The van der Waals surface area contributed by atoms with Gasteiger partial charge in [-0.1, -0.05) is 11.6 Å². The molecule has 2 aliphatic rings. The van der Waals surface area contributed by atoms with Crippen LogP contribution < -0.4 is 10.2 Å². The number of carbonyl (C=O) groups excluding carboxylic acids is 1. The van der Waals surface area contributed by atoms with Crippen molar-refractivity contribution in [2.45, 2.75) is 25.7 Å². The number of anilines is 1. The number of fused-ring (bicyclic) bond motifs is 1. The quantitative estimate of drug-likeness (QED) is 0.773. The van der Waals surface area contributed by atoms with Crippen molar-refractivity contribution in [3.8, 4) is 0 Å². The lowest BCUT2D eigenvalue weighted by molar-refractivity contribution is -0.132. The first-order chi connectivity index (χ1) is 12.7. The van der Waals surface area contributed by atoms with E-state index in [-0.39, 0.29) is 30.7 Å². The van der Waals surface area contributed by atoms with Gasteiger partial charge >= 0.3 is 0 Å². The van der Waals surface area contributed by atoms with Gasteiger partial charge in [0.1, 0.15) is 5.52 Å². The van der Waals surface area contributed by atoms with E-state index in [1.165, 1.54) is 0 Å². The number of nitrogens with zero attached hydrogens (tertiary/aromatic N) is 3. The monoisotopic (exact) mass is 448 g/mol. The minimum absolute atomic E-state index is 0. The number of benzene rings is 1. The summed E-state index contributed by atoms with van der Waals surface area (Å²) in [5.41, 5.74) is 1.53. The number of hydrogen-bond acceptors (Lipinski definition) is 5. The molecule has 0 bridgehead atoms. The Morgan fingerprint density at radius 1 is 1.21 bits per heavy atom. The van der Waals surface area contributed by atoms with Crippen molar-refractivity contribution in [3.05, 3.63) is 23.2 Å². The van der Waals surface area contributed by atoms with E-state index in [2.05, 4.69) is 15.2 Å². The molecule has 1 N–H and O–H groups in total. The van der Waals surface area contributed by atoms with E-state index in [1.54, 1.807) is 6.07 Å². The predicted octanol–water partition coefficient (Wildman–Crippen LogP) is 3.75. The summed E-state index contributed by atoms with van der Waals surface area (Å²) < 4.78 is 5.90. The summed E-state index contributed by atoms with van der Waals surface area (Å²) in [5, 5.41) is 4.00. The van der Waals surface area contributed by atoms with Crippen LogP contribution in [0.2, 0.25) is 5.02 Å². The lowest BCUT2D eigenvalue weighted by atomic mass is 9.94. The molecule has 1 aromatic carbocycles. The standard InChI is InChI=1S/C19H25ClN4O2.2ClH/c20-15-4-5-16-17(12-15)26-19(22-16)24-8-1-3-14(13-24)11-18(25)23-9-2-6-21-7-10-23;;/h4-5,12,14,21H,1-3,6-11,13H2;2*1H. The summed E-state index contributed by atoms with van der Waals surface area (Å²) in [4.78, 5) is 21.4. The van der Waals surface area contributed by atoms with Crippen LogP contribution in [-0.4, -0.2) is 55.1 Å². The van der Waals surface area contributed by atoms with Crippen molar-refractivity contribution in [1.29, 1.82) is 0 Å². The highest BCUT2D eigenvalue weighted by molar-refractivity contribution is 6.31. The largest absolute Gasteiger partial charge is 0.423 e. The second-order valence-electron chi connectivity index (χ2n) is 7.25. The van der Waals surface area contributed by atoms with Crippen LogP contribution in [0.4, 0.5) is 6.01 Å². The van der Waals surface area contributed by atoms with E-state index in [4.69, 9.17) is 16.0 Å². The Morgan fingerprint density at radius 2 is 2.07 bits per heavy atom. The van der Waals surface area contributed by atoms with Gasteiger partial charge in [0.05, 0.1) is 0 Å². The topological polar surface area (TPSA) is 61.6 Å². The normalized spacial score (nSPS) is 20.2. The Bertz CT molecular complexity index is 778. The second-order valence-corrected chi connectivity index (χ2v) is 7.69. The lowest BCUT2D eigenvalue weighted by Gasteiger charge is -2.32. The highest BCUT2D eigenvalue weighted by Crippen LogP contribution is 2.29. The van der Waals surface area contributed by atoms with Crippen molar-refractivity contribution in [2.24, 2.45) is 5.92 Å². The zero-order valence-corrected chi connectivity index (χ0v) is 18.1. The number of hydrogen-bond donors (Lipinski definition) is 1. The maximum Gasteiger partial charge on any atom is 0.298 e. The molecule has 1 aromatic heterocycles. The van der Waals surface area contributed by atoms with Gasteiger partial charge in [0.15, 0.2) is 5.58 Å². The first kappa shape index (κ1) is 23.1. The molecular weight excluding hydrogens is 423 g/mol. The van der Waals surface area contributed by atoms with Crippen LogP contribution in [0.3, 0.4) is 0 Å². The molecule has 4 rings (SSSR count). The van der Waals surface area contributed by atoms with Gasteiger partial charge in [-0.2, -0.15) is 4.98 Å². The van der Waals surface area contributed by atoms with Crippen molar-refractivity contribution in [2.75, 3.05) is 44.2 Å². The Kier molecular flexibility index (Phi) is 8.68. The molecule has 1 amide bonds. The molecule has 0 spiro atoms. The molecular formula is C19H27Cl3N4O2. The Labute approximate surface area is 182 Å². The fourth-order valence-electron chi connectivity index (χ4n) is 3.90. The molecule has 6 nitrogen and oxygen atoms in total. The summed E-state index contributed by atoms with van der Waals surface area (Å²) in [7, 11) is 0. The van der Waals surface area contributed by atoms with Crippen molar-refractivity contribution in [3.63, 3.8) is 0 Å². The highest BCUT2D eigenvalue weighted by Gasteiger charge is 2.27. The highest BCUT2D eigenvalue weighted by atomic mass is 35.5. The predicted molar refractivity (Wildman–Crippen MR) is 117 cm³/mol. The number of amides is 1. The zero-order chi connectivity index (χ0) is 17.9. The van der Waals surface area contributed by atoms with Gasteiger partial charge in [0.25, 0.3) is 6.01 Å². The van der Waals surface area contributed by atoms with Gasteiger partial charge < -0.3 is 19.5 Å². The third kappa shape index (κ3) is 5.44. The van der Waals surface area contributed by atoms with E-state index < -0.39 is 0 Å². The summed E-state index contributed by atoms with van der Waals surface area (Å²) in [6.07, 6.45) is 3.79. The minimum Gasteiger partial charge on any atom is -0.423 e. The average Bonchev–Trinajstić information content (AvgIpc) is 2.87. The maximum atomic E-state index is 12.7. The molecule has 1 unspecified atom stereocenters. The Balaban J connectivity index is 0.00000140. The van der Waals surface area contributed by atoms with E-state index in [9.17, 15) is 4.79 Å². The van der Waals surface area contributed by atoms with E-state index in [0.717, 1.165) is 64.0 Å². The number of oxazole rings is 1. The van der Waals surface area contributed by atoms with Gasteiger partial charge in [-0.05, 0) is 43.9 Å². The van der Waals surface area contributed by atoms with Gasteiger partial charge in [0, 0.05) is 50.2 Å². The maximum absolute atomic E-state index is 12.7. The third-order valence-corrected chi connectivity index (χ3v) is 5.52. The smallest absolute Gasteiger partial charge is 0.298 e. The van der Waals surface area contributed by atoms with Gasteiger partial charge in [-0.25, -0.2) is 0 Å². The number of carbonyl (C=O) groups is 1. The van der Waals surface area contributed by atoms with Crippen molar-refractivity contribution in [1.82, 2.24) is 15.2 Å². The molecule has 2 aliphatic heterocycles. The van der Waals surface area contributed by atoms with Crippen LogP contribution in [0.15, 0.2) is 22.6 Å². The minimum atomic E-state index is 0. The number of piperidine rings is 1. The van der Waals surface area contributed by atoms with Crippen LogP contribution in [0, 0.1) is 5.92 Å². The summed E-state index contributed by atoms with van der Waals surface area (Å²) in [5.74, 6) is 0.635. The summed E-state index contributed by atoms with van der Waals surface area (Å²) in [6, 6.07) is 6.14. The molecule has 1 atom stereocenters. The van der Waals surface area contributed by atoms with Crippen LogP contribution >= 0.6 is 36.4 Å². The Morgan fingerprint density at radius 3 is 2.93 bits per heavy atom. The lowest BCUT2D eigenvalue weighted by Crippen LogP contribution is -2.40. The zero-order valence-electron chi connectivity index (χ0n) is 15.7. The van der Waals surface area contributed by atoms with Crippen LogP contribution in [-0.2, 0) is 4.79 Å². The Hall–Kier alpha value is -1.21. The molecule has 2 saturated heterocycles. The first-order valence-electron chi connectivity index (χ1n) is 9.48. The molecule has 156 valence electrons. The first-order valence-corrected chi connectivity index (χ1v) is 9.86. The fourth-order valence-corrected chi connectivity index (χ4v) is 4.06. The molecule has 0 saturated carbocycles. The second kappa shape index (κ2) is 10.5. The fraction of sp³-hybridized carbons (Fsp3) is 0.579. The number of nitrogens with one attached hydrogen (secondary N) is 1. The summed E-state index contributed by atoms with van der Waals surface area (Å²) >= 11 is 6.03. The van der Waals surface area contributed by atoms with Crippen LogP contribution in [0.25, 0.3) is 11.1 Å². The van der Waals surface area contributed by atoms with Crippen molar-refractivity contribution >= 4 is 59.4 Å². The van der Waals surface area contributed by atoms with Gasteiger partial charge in [-0.15, -0.1) is 24.8 Å². The summed E-state index contributed by atoms with van der Waals surface area (Å²) in [6.45, 7) is 5.32.